The van der Waals surface area contributed by atoms with Crippen molar-refractivity contribution in [3.05, 3.63) is 0 Å². The number of halogens is 2. The Hall–Kier alpha value is 0.300. The molecule has 19 heavy (non-hydrogen) atoms. The third kappa shape index (κ3) is 3.31. The predicted molar refractivity (Wildman–Crippen MR) is 67.9 cm³/mol. The summed E-state index contributed by atoms with van der Waals surface area (Å²) in [7, 11) is 0. The summed E-state index contributed by atoms with van der Waals surface area (Å²) in [6.07, 6.45) is -6.69. The van der Waals surface area contributed by atoms with Gasteiger partial charge in [-0.15, -0.1) is 23.2 Å². The van der Waals surface area contributed by atoms with Crippen LogP contribution in [0.4, 0.5) is 0 Å². The first-order valence-electron chi connectivity index (χ1n) is 5.82. The number of hydrogen-bond donors (Lipinski definition) is 5. The molecule has 0 bridgehead atoms. The van der Waals surface area contributed by atoms with Crippen LogP contribution in [0, 0.1) is 0 Å². The third-order valence-electron chi connectivity index (χ3n) is 3.22. The van der Waals surface area contributed by atoms with Crippen LogP contribution in [0.3, 0.4) is 0 Å². The second-order valence-corrected chi connectivity index (χ2v) is 5.06. The summed E-state index contributed by atoms with van der Waals surface area (Å²) in [4.78, 5) is 1.43. The van der Waals surface area contributed by atoms with Gasteiger partial charge in [0.1, 0.15) is 18.3 Å². The van der Waals surface area contributed by atoms with Gasteiger partial charge in [-0.05, 0) is 0 Å². The molecule has 0 unspecified atom stereocenters. The molecule has 0 aromatic carbocycles. The summed E-state index contributed by atoms with van der Waals surface area (Å²) in [5.41, 5.74) is -1.76. The molecule has 0 radical (unpaired) electrons. The van der Waals surface area contributed by atoms with Crippen LogP contribution >= 0.6 is 23.2 Å². The van der Waals surface area contributed by atoms with E-state index >= 15 is 0 Å². The van der Waals surface area contributed by atoms with E-state index in [0.29, 0.717) is 0 Å². The molecule has 1 fully saturated rings. The van der Waals surface area contributed by atoms with Crippen molar-refractivity contribution in [1.82, 2.24) is 4.90 Å². The van der Waals surface area contributed by atoms with E-state index in [2.05, 4.69) is 0 Å². The van der Waals surface area contributed by atoms with Crippen LogP contribution in [-0.4, -0.2) is 92.2 Å². The zero-order valence-corrected chi connectivity index (χ0v) is 11.7. The molecule has 1 saturated heterocycles. The Morgan fingerprint density at radius 3 is 1.95 bits per heavy atom. The number of ether oxygens (including phenoxy) is 1. The molecule has 0 aromatic rings. The summed E-state index contributed by atoms with van der Waals surface area (Å²) in [6, 6.07) is 0. The smallest absolute Gasteiger partial charge is 0.186 e. The van der Waals surface area contributed by atoms with Crippen LogP contribution in [0.2, 0.25) is 0 Å². The van der Waals surface area contributed by atoms with Gasteiger partial charge in [0.15, 0.2) is 12.0 Å². The Morgan fingerprint density at radius 1 is 1.00 bits per heavy atom. The number of alkyl halides is 2. The van der Waals surface area contributed by atoms with Crippen molar-refractivity contribution < 1.29 is 30.3 Å². The fourth-order valence-corrected chi connectivity index (χ4v) is 2.57. The topological polar surface area (TPSA) is 114 Å². The molecule has 5 N–H and O–H groups in total. The maximum absolute atomic E-state index is 10.1. The molecular weight excluding hydrogens is 301 g/mol. The van der Waals surface area contributed by atoms with Gasteiger partial charge in [-0.2, -0.15) is 0 Å². The van der Waals surface area contributed by atoms with Crippen molar-refractivity contribution in [3.8, 4) is 0 Å². The standard InChI is InChI=1S/C10H19Cl2NO6/c11-1-3-13(4-2-12)10(5-14)8(17)6(15)7(16)9(18)19-10/h6-9,14-18H,1-5H2/t6-,7-,8+,9+,10-/m1/s1. The third-order valence-corrected chi connectivity index (χ3v) is 3.56. The number of nitrogens with zero attached hydrogens (tertiary/aromatic N) is 1. The average Bonchev–Trinajstić information content (AvgIpc) is 2.40. The molecule has 0 amide bonds. The molecule has 5 atom stereocenters. The summed E-state index contributed by atoms with van der Waals surface area (Å²) in [6.45, 7) is -0.286. The average molecular weight is 320 g/mol. The summed E-state index contributed by atoms with van der Waals surface area (Å²) < 4.78 is 5.14. The van der Waals surface area contributed by atoms with Gasteiger partial charge in [-0.25, -0.2) is 0 Å². The monoisotopic (exact) mass is 319 g/mol. The summed E-state index contributed by atoms with van der Waals surface area (Å²) in [5, 5.41) is 48.4. The van der Waals surface area contributed by atoms with E-state index in [1.54, 1.807) is 0 Å². The highest BCUT2D eigenvalue weighted by Gasteiger charge is 2.55. The maximum atomic E-state index is 10.1. The lowest BCUT2D eigenvalue weighted by Crippen LogP contribution is -2.72. The van der Waals surface area contributed by atoms with Crippen LogP contribution in [0.15, 0.2) is 0 Å². The fourth-order valence-electron chi connectivity index (χ4n) is 2.16. The molecule has 1 heterocycles. The lowest BCUT2D eigenvalue weighted by molar-refractivity contribution is -0.364. The van der Waals surface area contributed by atoms with Crippen LogP contribution in [0.5, 0.6) is 0 Å². The van der Waals surface area contributed by atoms with E-state index < -0.39 is 36.9 Å². The van der Waals surface area contributed by atoms with E-state index in [-0.39, 0.29) is 24.8 Å². The molecule has 1 rings (SSSR count). The van der Waals surface area contributed by atoms with Gasteiger partial charge in [-0.3, -0.25) is 4.90 Å². The first kappa shape index (κ1) is 17.4. The van der Waals surface area contributed by atoms with E-state index in [0.717, 1.165) is 0 Å². The van der Waals surface area contributed by atoms with Crippen molar-refractivity contribution in [2.45, 2.75) is 30.3 Å². The lowest BCUT2D eigenvalue weighted by atomic mass is 9.92. The van der Waals surface area contributed by atoms with Crippen molar-refractivity contribution in [2.24, 2.45) is 0 Å². The largest absolute Gasteiger partial charge is 0.392 e. The van der Waals surface area contributed by atoms with Crippen molar-refractivity contribution >= 4 is 23.2 Å². The Balaban J connectivity index is 3.04. The zero-order valence-electron chi connectivity index (χ0n) is 10.2. The molecule has 114 valence electrons. The minimum absolute atomic E-state index is 0.170. The van der Waals surface area contributed by atoms with Crippen LogP contribution in [0.25, 0.3) is 0 Å². The van der Waals surface area contributed by atoms with Crippen LogP contribution < -0.4 is 0 Å². The van der Waals surface area contributed by atoms with Gasteiger partial charge in [0.25, 0.3) is 0 Å². The minimum Gasteiger partial charge on any atom is -0.392 e. The van der Waals surface area contributed by atoms with E-state index in [1.165, 1.54) is 4.90 Å². The van der Waals surface area contributed by atoms with E-state index in [4.69, 9.17) is 27.9 Å². The first-order valence-corrected chi connectivity index (χ1v) is 6.89. The number of aliphatic hydroxyl groups is 5. The highest BCUT2D eigenvalue weighted by Crippen LogP contribution is 2.32. The van der Waals surface area contributed by atoms with Crippen molar-refractivity contribution in [2.75, 3.05) is 31.5 Å². The highest BCUT2D eigenvalue weighted by atomic mass is 35.5. The van der Waals surface area contributed by atoms with Gasteiger partial charge in [0.2, 0.25) is 0 Å². The zero-order chi connectivity index (χ0) is 14.6. The fraction of sp³-hybridized carbons (Fsp3) is 1.00. The second-order valence-electron chi connectivity index (χ2n) is 4.30. The van der Waals surface area contributed by atoms with Gasteiger partial charge < -0.3 is 30.3 Å². The van der Waals surface area contributed by atoms with E-state index in [9.17, 15) is 25.5 Å². The van der Waals surface area contributed by atoms with Crippen LogP contribution in [-0.2, 0) is 4.74 Å². The Labute approximate surface area is 120 Å². The Morgan fingerprint density at radius 2 is 1.53 bits per heavy atom. The molecule has 0 aromatic heterocycles. The van der Waals surface area contributed by atoms with Gasteiger partial charge in [0.05, 0.1) is 6.61 Å². The van der Waals surface area contributed by atoms with Crippen LogP contribution in [0.1, 0.15) is 0 Å². The predicted octanol–water partition coefficient (Wildman–Crippen LogP) is -2.11. The van der Waals surface area contributed by atoms with Gasteiger partial charge in [-0.1, -0.05) is 0 Å². The molecule has 1 aliphatic rings. The SMILES string of the molecule is OC[C@@]1(N(CCCl)CCCl)O[C@H](O)[C@H](O)[C@@H](O)[C@@H]1O. The summed E-state index contributed by atoms with van der Waals surface area (Å²) >= 11 is 11.3. The quantitative estimate of drug-likeness (QED) is 0.356. The van der Waals surface area contributed by atoms with Gasteiger partial charge in [0, 0.05) is 24.8 Å². The van der Waals surface area contributed by atoms with Crippen molar-refractivity contribution in [1.29, 1.82) is 0 Å². The number of aliphatic hydroxyl groups excluding tert-OH is 5. The first-order chi connectivity index (χ1) is 8.94. The highest BCUT2D eigenvalue weighted by molar-refractivity contribution is 6.18. The van der Waals surface area contributed by atoms with E-state index in [1.807, 2.05) is 0 Å². The molecule has 0 aliphatic carbocycles. The molecule has 0 saturated carbocycles. The number of rotatable bonds is 6. The minimum atomic E-state index is -1.76. The molecule has 7 nitrogen and oxygen atoms in total. The molecular formula is C10H19Cl2NO6. The van der Waals surface area contributed by atoms with Gasteiger partial charge >= 0.3 is 0 Å². The lowest BCUT2D eigenvalue weighted by Gasteiger charge is -2.51. The molecule has 9 heteroatoms. The molecule has 1 aliphatic heterocycles. The maximum Gasteiger partial charge on any atom is 0.186 e. The number of hydrogen-bond acceptors (Lipinski definition) is 7. The normalized spacial score (nSPS) is 39.8. The molecule has 0 spiro atoms. The second kappa shape index (κ2) is 7.35. The summed E-state index contributed by atoms with van der Waals surface area (Å²) in [5.74, 6) is 0.340. The Kier molecular flexibility index (Phi) is 6.71. The Bertz CT molecular complexity index is 281. The van der Waals surface area contributed by atoms with Crippen molar-refractivity contribution in [3.63, 3.8) is 0 Å².